The Morgan fingerprint density at radius 1 is 1.43 bits per heavy atom. The van der Waals surface area contributed by atoms with Gasteiger partial charge in [-0.2, -0.15) is 0 Å². The van der Waals surface area contributed by atoms with Crippen LogP contribution >= 0.6 is 0 Å². The van der Waals surface area contributed by atoms with Crippen molar-refractivity contribution in [2.45, 2.75) is 52.1 Å². The molecule has 1 aromatic heterocycles. The molecule has 0 radical (unpaired) electrons. The van der Waals surface area contributed by atoms with Gasteiger partial charge in [0.15, 0.2) is 0 Å². The molecule has 0 spiro atoms. The largest absolute Gasteiger partial charge is 0.364 e. The lowest BCUT2D eigenvalue weighted by molar-refractivity contribution is -0.143. The van der Waals surface area contributed by atoms with Crippen LogP contribution in [0.5, 0.6) is 0 Å². The normalized spacial score (nSPS) is 17.1. The lowest BCUT2D eigenvalue weighted by Crippen LogP contribution is -2.51. The Kier molecular flexibility index (Phi) is 5.42. The van der Waals surface area contributed by atoms with Crippen LogP contribution in [0.3, 0.4) is 0 Å². The molecule has 1 aliphatic rings. The first kappa shape index (κ1) is 15.6. The number of carbonyl (C=O) groups excluding carboxylic acids is 2. The quantitative estimate of drug-likeness (QED) is 0.842. The van der Waals surface area contributed by atoms with E-state index in [4.69, 9.17) is 0 Å². The van der Waals surface area contributed by atoms with Crippen LogP contribution in [0.4, 0.5) is 0 Å². The average Bonchev–Trinajstić information content (AvgIpc) is 2.96. The number of hydrogen-bond donors (Lipinski definition) is 2. The highest BCUT2D eigenvalue weighted by molar-refractivity contribution is 5.88. The second-order valence-electron chi connectivity index (χ2n) is 6.10. The summed E-state index contributed by atoms with van der Waals surface area (Å²) in [6, 6.07) is 3.50. The summed E-state index contributed by atoms with van der Waals surface area (Å²) in [5.41, 5.74) is 0.969. The van der Waals surface area contributed by atoms with Crippen LogP contribution < -0.4 is 5.32 Å². The fourth-order valence-corrected chi connectivity index (χ4v) is 2.76. The molecular formula is C16H25N3O2. The Morgan fingerprint density at radius 2 is 2.24 bits per heavy atom. The van der Waals surface area contributed by atoms with Gasteiger partial charge in [0.2, 0.25) is 11.8 Å². The number of aromatic nitrogens is 1. The molecule has 21 heavy (non-hydrogen) atoms. The van der Waals surface area contributed by atoms with Crippen molar-refractivity contribution < 1.29 is 9.59 Å². The van der Waals surface area contributed by atoms with Crippen LogP contribution in [0.1, 0.15) is 45.2 Å². The van der Waals surface area contributed by atoms with Crippen LogP contribution in [-0.2, 0) is 16.1 Å². The summed E-state index contributed by atoms with van der Waals surface area (Å²) in [7, 11) is 0. The third-order valence-corrected chi connectivity index (χ3v) is 3.85. The highest BCUT2D eigenvalue weighted by Gasteiger charge is 2.31. The Balaban J connectivity index is 2.00. The number of hydrogen-bond acceptors (Lipinski definition) is 2. The number of nitrogens with one attached hydrogen (secondary N) is 2. The van der Waals surface area contributed by atoms with Gasteiger partial charge in [0.1, 0.15) is 6.04 Å². The van der Waals surface area contributed by atoms with Crippen LogP contribution in [0.15, 0.2) is 18.3 Å². The van der Waals surface area contributed by atoms with E-state index in [-0.39, 0.29) is 17.9 Å². The number of H-pyrrole nitrogens is 1. The van der Waals surface area contributed by atoms with Gasteiger partial charge in [-0.05, 0) is 37.3 Å². The van der Waals surface area contributed by atoms with Crippen molar-refractivity contribution in [2.75, 3.05) is 6.54 Å². The molecule has 0 unspecified atom stereocenters. The Hall–Kier alpha value is -1.78. The lowest BCUT2D eigenvalue weighted by Gasteiger charge is -2.34. The summed E-state index contributed by atoms with van der Waals surface area (Å²) in [6.45, 7) is 5.34. The summed E-state index contributed by atoms with van der Waals surface area (Å²) in [6.07, 6.45) is 5.04. The zero-order chi connectivity index (χ0) is 15.2. The van der Waals surface area contributed by atoms with Crippen molar-refractivity contribution in [2.24, 2.45) is 5.92 Å². The minimum Gasteiger partial charge on any atom is -0.364 e. The van der Waals surface area contributed by atoms with Crippen LogP contribution in [0.25, 0.3) is 0 Å². The summed E-state index contributed by atoms with van der Waals surface area (Å²) < 4.78 is 0. The van der Waals surface area contributed by atoms with Gasteiger partial charge in [-0.25, -0.2) is 0 Å². The SMILES string of the molecule is CC(C)C[C@H](C(=O)NCc1ccc[nH]1)N1CCCCC1=O. The Morgan fingerprint density at radius 3 is 2.86 bits per heavy atom. The molecule has 1 aromatic rings. The van der Waals surface area contributed by atoms with E-state index in [1.165, 1.54) is 0 Å². The van der Waals surface area contributed by atoms with E-state index < -0.39 is 0 Å². The first-order valence-corrected chi connectivity index (χ1v) is 7.77. The van der Waals surface area contributed by atoms with E-state index in [0.29, 0.717) is 31.8 Å². The van der Waals surface area contributed by atoms with Crippen molar-refractivity contribution in [1.82, 2.24) is 15.2 Å². The fraction of sp³-hybridized carbons (Fsp3) is 0.625. The summed E-state index contributed by atoms with van der Waals surface area (Å²) in [5.74, 6) is 0.441. The molecule has 2 amide bonds. The van der Waals surface area contributed by atoms with E-state index in [1.807, 2.05) is 18.3 Å². The predicted molar refractivity (Wildman–Crippen MR) is 81.4 cm³/mol. The van der Waals surface area contributed by atoms with E-state index in [9.17, 15) is 9.59 Å². The van der Waals surface area contributed by atoms with Gasteiger partial charge in [-0.1, -0.05) is 13.8 Å². The molecule has 5 nitrogen and oxygen atoms in total. The minimum absolute atomic E-state index is 0.0476. The van der Waals surface area contributed by atoms with Gasteiger partial charge in [-0.3, -0.25) is 9.59 Å². The monoisotopic (exact) mass is 291 g/mol. The second-order valence-corrected chi connectivity index (χ2v) is 6.10. The molecule has 0 aromatic carbocycles. The van der Waals surface area contributed by atoms with E-state index in [0.717, 1.165) is 18.5 Å². The topological polar surface area (TPSA) is 65.2 Å². The molecule has 1 fully saturated rings. The summed E-state index contributed by atoms with van der Waals surface area (Å²) >= 11 is 0. The van der Waals surface area contributed by atoms with Gasteiger partial charge in [0.25, 0.3) is 0 Å². The summed E-state index contributed by atoms with van der Waals surface area (Å²) in [4.78, 5) is 29.4. The number of nitrogens with zero attached hydrogens (tertiary/aromatic N) is 1. The molecule has 0 bridgehead atoms. The number of carbonyl (C=O) groups is 2. The van der Waals surface area contributed by atoms with Crippen molar-refractivity contribution >= 4 is 11.8 Å². The smallest absolute Gasteiger partial charge is 0.243 e. The van der Waals surface area contributed by atoms with E-state index >= 15 is 0 Å². The maximum atomic E-state index is 12.5. The molecule has 116 valence electrons. The van der Waals surface area contributed by atoms with Gasteiger partial charge >= 0.3 is 0 Å². The second kappa shape index (κ2) is 7.29. The molecule has 0 saturated carbocycles. The predicted octanol–water partition coefficient (Wildman–Crippen LogP) is 2.06. The number of rotatable bonds is 6. The van der Waals surface area contributed by atoms with Gasteiger partial charge in [0.05, 0.1) is 6.54 Å². The van der Waals surface area contributed by atoms with Gasteiger partial charge in [0, 0.05) is 24.9 Å². The summed E-state index contributed by atoms with van der Waals surface area (Å²) in [5, 5.41) is 2.94. The van der Waals surface area contributed by atoms with Crippen molar-refractivity contribution in [3.63, 3.8) is 0 Å². The highest BCUT2D eigenvalue weighted by Crippen LogP contribution is 2.19. The third kappa shape index (κ3) is 4.34. The first-order valence-electron chi connectivity index (χ1n) is 7.77. The van der Waals surface area contributed by atoms with E-state index in [1.54, 1.807) is 4.90 Å². The average molecular weight is 291 g/mol. The Labute approximate surface area is 126 Å². The lowest BCUT2D eigenvalue weighted by atomic mass is 9.98. The van der Waals surface area contributed by atoms with Crippen molar-refractivity contribution in [3.8, 4) is 0 Å². The zero-order valence-corrected chi connectivity index (χ0v) is 12.9. The van der Waals surface area contributed by atoms with Crippen LogP contribution in [-0.4, -0.2) is 34.3 Å². The molecule has 1 atom stereocenters. The number of amides is 2. The molecule has 2 N–H and O–H groups in total. The molecule has 0 aliphatic carbocycles. The highest BCUT2D eigenvalue weighted by atomic mass is 16.2. The van der Waals surface area contributed by atoms with Gasteiger partial charge in [-0.15, -0.1) is 0 Å². The van der Waals surface area contributed by atoms with Crippen molar-refractivity contribution in [1.29, 1.82) is 0 Å². The number of aromatic amines is 1. The first-order chi connectivity index (χ1) is 10.1. The zero-order valence-electron chi connectivity index (χ0n) is 12.9. The van der Waals surface area contributed by atoms with Crippen molar-refractivity contribution in [3.05, 3.63) is 24.0 Å². The van der Waals surface area contributed by atoms with Gasteiger partial charge < -0.3 is 15.2 Å². The number of piperidine rings is 1. The van der Waals surface area contributed by atoms with Crippen LogP contribution in [0.2, 0.25) is 0 Å². The molecule has 2 heterocycles. The standard InChI is InChI=1S/C16H25N3O2/c1-12(2)10-14(19-9-4-3-7-15(19)20)16(21)18-11-13-6-5-8-17-13/h5-6,8,12,14,17H,3-4,7,9-11H2,1-2H3,(H,18,21)/t14-/m1/s1. The maximum absolute atomic E-state index is 12.5. The molecular weight excluding hydrogens is 266 g/mol. The molecule has 2 rings (SSSR count). The molecule has 5 heteroatoms. The number of likely N-dealkylation sites (tertiary alicyclic amines) is 1. The molecule has 1 saturated heterocycles. The third-order valence-electron chi connectivity index (χ3n) is 3.85. The van der Waals surface area contributed by atoms with Crippen LogP contribution in [0, 0.1) is 5.92 Å². The molecule has 1 aliphatic heterocycles. The Bertz CT molecular complexity index is 468. The van der Waals surface area contributed by atoms with E-state index in [2.05, 4.69) is 24.1 Å². The maximum Gasteiger partial charge on any atom is 0.243 e. The minimum atomic E-state index is -0.340. The fourth-order valence-electron chi connectivity index (χ4n) is 2.76.